The van der Waals surface area contributed by atoms with Gasteiger partial charge in [-0.25, -0.2) is 0 Å². The first-order valence-electron chi connectivity index (χ1n) is 9.27. The van der Waals surface area contributed by atoms with Crippen LogP contribution in [0, 0.1) is 0 Å². The molecule has 0 N–H and O–H groups in total. The summed E-state index contributed by atoms with van der Waals surface area (Å²) in [5, 5.41) is 0. The molecule has 2 fully saturated rings. The molecule has 2 aliphatic heterocycles. The third-order valence-electron chi connectivity index (χ3n) is 5.60. The SMILES string of the molecule is CCN1C(=O)CCCC12CCCN(C(=O)CCc1ccccc1)C2. The molecular weight excluding hydrogens is 300 g/mol. The van der Waals surface area contributed by atoms with Crippen LogP contribution < -0.4 is 0 Å². The number of benzene rings is 1. The molecule has 1 atom stereocenters. The van der Waals surface area contributed by atoms with Crippen molar-refractivity contribution in [3.8, 4) is 0 Å². The van der Waals surface area contributed by atoms with Crippen LogP contribution in [0.15, 0.2) is 30.3 Å². The number of hydrogen-bond acceptors (Lipinski definition) is 2. The highest BCUT2D eigenvalue weighted by atomic mass is 16.2. The van der Waals surface area contributed by atoms with Gasteiger partial charge in [0.05, 0.1) is 5.54 Å². The van der Waals surface area contributed by atoms with E-state index >= 15 is 0 Å². The lowest BCUT2D eigenvalue weighted by Crippen LogP contribution is -2.63. The number of rotatable bonds is 4. The zero-order chi connectivity index (χ0) is 17.0. The van der Waals surface area contributed by atoms with Crippen molar-refractivity contribution in [1.82, 2.24) is 9.80 Å². The van der Waals surface area contributed by atoms with E-state index in [-0.39, 0.29) is 17.4 Å². The number of hydrogen-bond donors (Lipinski definition) is 0. The molecule has 0 bridgehead atoms. The first-order chi connectivity index (χ1) is 11.6. The van der Waals surface area contributed by atoms with Crippen LogP contribution >= 0.6 is 0 Å². The molecule has 1 unspecified atom stereocenters. The lowest BCUT2D eigenvalue weighted by molar-refractivity contribution is -0.150. The second-order valence-corrected chi connectivity index (χ2v) is 7.12. The Morgan fingerprint density at radius 1 is 1.17 bits per heavy atom. The van der Waals surface area contributed by atoms with Gasteiger partial charge < -0.3 is 9.80 Å². The third kappa shape index (κ3) is 3.47. The molecule has 1 aromatic rings. The van der Waals surface area contributed by atoms with E-state index in [1.165, 1.54) is 5.56 Å². The van der Waals surface area contributed by atoms with E-state index in [1.54, 1.807) is 0 Å². The van der Waals surface area contributed by atoms with Crippen LogP contribution in [0.5, 0.6) is 0 Å². The number of amides is 2. The highest BCUT2D eigenvalue weighted by Gasteiger charge is 2.45. The van der Waals surface area contributed by atoms with Crippen molar-refractivity contribution >= 4 is 11.8 Å². The van der Waals surface area contributed by atoms with Crippen molar-refractivity contribution in [1.29, 1.82) is 0 Å². The zero-order valence-electron chi connectivity index (χ0n) is 14.7. The summed E-state index contributed by atoms with van der Waals surface area (Å²) in [5.74, 6) is 0.495. The molecule has 2 saturated heterocycles. The summed E-state index contributed by atoms with van der Waals surface area (Å²) >= 11 is 0. The van der Waals surface area contributed by atoms with E-state index in [2.05, 4.69) is 19.1 Å². The van der Waals surface area contributed by atoms with Crippen LogP contribution in [0.4, 0.5) is 0 Å². The maximum absolute atomic E-state index is 12.7. The van der Waals surface area contributed by atoms with Crippen LogP contribution in [-0.4, -0.2) is 46.8 Å². The van der Waals surface area contributed by atoms with Gasteiger partial charge in [-0.05, 0) is 44.6 Å². The Morgan fingerprint density at radius 3 is 2.67 bits per heavy atom. The molecule has 3 rings (SSSR count). The Kier molecular flexibility index (Phi) is 5.22. The van der Waals surface area contributed by atoms with Crippen molar-refractivity contribution in [2.24, 2.45) is 0 Å². The molecule has 2 amide bonds. The fraction of sp³-hybridized carbons (Fsp3) is 0.600. The average molecular weight is 328 g/mol. The predicted molar refractivity (Wildman–Crippen MR) is 94.5 cm³/mol. The molecule has 0 radical (unpaired) electrons. The molecule has 1 spiro atoms. The second kappa shape index (κ2) is 7.37. The second-order valence-electron chi connectivity index (χ2n) is 7.12. The first-order valence-corrected chi connectivity index (χ1v) is 9.27. The van der Waals surface area contributed by atoms with Crippen molar-refractivity contribution in [2.75, 3.05) is 19.6 Å². The van der Waals surface area contributed by atoms with E-state index in [0.717, 1.165) is 51.7 Å². The van der Waals surface area contributed by atoms with Gasteiger partial charge in [0, 0.05) is 32.5 Å². The molecule has 0 saturated carbocycles. The van der Waals surface area contributed by atoms with Gasteiger partial charge in [0.15, 0.2) is 0 Å². The average Bonchev–Trinajstić information content (AvgIpc) is 2.61. The van der Waals surface area contributed by atoms with Crippen molar-refractivity contribution in [2.45, 2.75) is 57.4 Å². The monoisotopic (exact) mass is 328 g/mol. The number of carbonyl (C=O) groups excluding carboxylic acids is 2. The Bertz CT molecular complexity index is 583. The summed E-state index contributed by atoms with van der Waals surface area (Å²) in [6, 6.07) is 10.2. The third-order valence-corrected chi connectivity index (χ3v) is 5.60. The van der Waals surface area contributed by atoms with Gasteiger partial charge in [-0.1, -0.05) is 30.3 Å². The molecular formula is C20H28N2O2. The molecule has 0 aromatic heterocycles. The fourth-order valence-corrected chi connectivity index (χ4v) is 4.42. The molecule has 24 heavy (non-hydrogen) atoms. The lowest BCUT2D eigenvalue weighted by atomic mass is 9.79. The highest BCUT2D eigenvalue weighted by Crippen LogP contribution is 2.36. The Labute approximate surface area is 144 Å². The van der Waals surface area contributed by atoms with Crippen LogP contribution in [0.3, 0.4) is 0 Å². The van der Waals surface area contributed by atoms with Crippen molar-refractivity contribution < 1.29 is 9.59 Å². The number of likely N-dealkylation sites (N-methyl/N-ethyl adjacent to an activating group) is 1. The number of piperidine rings is 2. The van der Waals surface area contributed by atoms with Crippen LogP contribution in [0.25, 0.3) is 0 Å². The minimum absolute atomic E-state index is 0.106. The maximum atomic E-state index is 12.7. The van der Waals surface area contributed by atoms with Crippen LogP contribution in [-0.2, 0) is 16.0 Å². The van der Waals surface area contributed by atoms with E-state index in [9.17, 15) is 9.59 Å². The quantitative estimate of drug-likeness (QED) is 0.852. The molecule has 2 aliphatic rings. The molecule has 4 nitrogen and oxygen atoms in total. The molecule has 1 aromatic carbocycles. The number of nitrogens with zero attached hydrogens (tertiary/aromatic N) is 2. The maximum Gasteiger partial charge on any atom is 0.223 e. The largest absolute Gasteiger partial charge is 0.340 e. The first kappa shape index (κ1) is 17.0. The van der Waals surface area contributed by atoms with Gasteiger partial charge in [-0.3, -0.25) is 9.59 Å². The Morgan fingerprint density at radius 2 is 1.92 bits per heavy atom. The predicted octanol–water partition coefficient (Wildman–Crippen LogP) is 3.01. The smallest absolute Gasteiger partial charge is 0.223 e. The van der Waals surface area contributed by atoms with E-state index in [1.807, 2.05) is 28.0 Å². The van der Waals surface area contributed by atoms with Crippen LogP contribution in [0.2, 0.25) is 0 Å². The Balaban J connectivity index is 1.64. The molecule has 4 heteroatoms. The van der Waals surface area contributed by atoms with Gasteiger partial charge in [-0.2, -0.15) is 0 Å². The molecule has 130 valence electrons. The van der Waals surface area contributed by atoms with Gasteiger partial charge in [0.1, 0.15) is 0 Å². The number of aryl methyl sites for hydroxylation is 1. The van der Waals surface area contributed by atoms with Crippen LogP contribution in [0.1, 0.15) is 51.0 Å². The summed E-state index contributed by atoms with van der Waals surface area (Å²) in [4.78, 5) is 29.1. The standard InChI is InChI=1S/C20H28N2O2/c1-2-22-19(24)10-6-13-20(22)14-7-15-21(16-20)18(23)12-11-17-8-4-3-5-9-17/h3-5,8-9H,2,6-7,10-16H2,1H3. The summed E-state index contributed by atoms with van der Waals surface area (Å²) < 4.78 is 0. The lowest BCUT2D eigenvalue weighted by Gasteiger charge is -2.52. The topological polar surface area (TPSA) is 40.6 Å². The Hall–Kier alpha value is -1.84. The minimum Gasteiger partial charge on any atom is -0.340 e. The summed E-state index contributed by atoms with van der Waals surface area (Å²) in [6.45, 7) is 4.37. The van der Waals surface area contributed by atoms with E-state index in [0.29, 0.717) is 12.8 Å². The fourth-order valence-electron chi connectivity index (χ4n) is 4.42. The van der Waals surface area contributed by atoms with Gasteiger partial charge in [-0.15, -0.1) is 0 Å². The summed E-state index contributed by atoms with van der Waals surface area (Å²) in [6.07, 6.45) is 6.05. The summed E-state index contributed by atoms with van der Waals surface area (Å²) in [5.41, 5.74) is 1.10. The molecule has 0 aliphatic carbocycles. The highest BCUT2D eigenvalue weighted by molar-refractivity contribution is 5.79. The number of carbonyl (C=O) groups is 2. The number of likely N-dealkylation sites (tertiary alicyclic amines) is 2. The van der Waals surface area contributed by atoms with Gasteiger partial charge in [0.2, 0.25) is 11.8 Å². The van der Waals surface area contributed by atoms with E-state index in [4.69, 9.17) is 0 Å². The van der Waals surface area contributed by atoms with Gasteiger partial charge >= 0.3 is 0 Å². The van der Waals surface area contributed by atoms with E-state index < -0.39 is 0 Å². The normalized spacial score (nSPS) is 24.5. The zero-order valence-corrected chi connectivity index (χ0v) is 14.7. The van der Waals surface area contributed by atoms with Crippen molar-refractivity contribution in [3.05, 3.63) is 35.9 Å². The van der Waals surface area contributed by atoms with Gasteiger partial charge in [0.25, 0.3) is 0 Å². The molecule has 2 heterocycles. The minimum atomic E-state index is -0.106. The summed E-state index contributed by atoms with van der Waals surface area (Å²) in [7, 11) is 0. The van der Waals surface area contributed by atoms with Crippen molar-refractivity contribution in [3.63, 3.8) is 0 Å².